The fourth-order valence-electron chi connectivity index (χ4n) is 3.62. The molecule has 0 aliphatic heterocycles. The number of nitrogens with two attached hydrogens (primary N) is 1. The van der Waals surface area contributed by atoms with Crippen LogP contribution in [0.2, 0.25) is 0 Å². The van der Waals surface area contributed by atoms with Gasteiger partial charge in [0.25, 0.3) is 0 Å². The molecule has 0 saturated heterocycles. The van der Waals surface area contributed by atoms with Crippen LogP contribution >= 0.6 is 0 Å². The number of benzene rings is 2. The number of rotatable bonds is 6. The minimum Gasteiger partial charge on any atom is -0.465 e. The summed E-state index contributed by atoms with van der Waals surface area (Å²) in [6.45, 7) is 4.12. The minimum atomic E-state index is -0.743. The van der Waals surface area contributed by atoms with E-state index in [1.807, 2.05) is 47.9 Å². The topological polar surface area (TPSA) is 69.6 Å². The molecule has 4 rings (SSSR count). The van der Waals surface area contributed by atoms with Gasteiger partial charge in [0, 0.05) is 18.2 Å². The summed E-state index contributed by atoms with van der Waals surface area (Å²) in [5.74, 6) is -0.398. The van der Waals surface area contributed by atoms with Crippen LogP contribution in [0.4, 0.5) is 0 Å². The van der Waals surface area contributed by atoms with Gasteiger partial charge in [-0.2, -0.15) is 0 Å². The Labute approximate surface area is 176 Å². The molecule has 0 saturated carbocycles. The first-order valence-electron chi connectivity index (χ1n) is 10.1. The standard InChI is InChI=1S/C25H25N3O2/c1-3-30-25(29)21(26)15-22-24(27-23-14-9-17(2)16-28(22)23)20-12-10-19(11-13-20)18-7-5-4-6-8-18/h4-14,16,21H,3,15,26H2,1-2H3. The van der Waals surface area contributed by atoms with Gasteiger partial charge in [-0.15, -0.1) is 0 Å². The molecule has 0 aliphatic carbocycles. The summed E-state index contributed by atoms with van der Waals surface area (Å²) in [5.41, 5.74) is 13.1. The zero-order valence-corrected chi connectivity index (χ0v) is 17.2. The first kappa shape index (κ1) is 19.9. The van der Waals surface area contributed by atoms with Gasteiger partial charge in [-0.1, -0.05) is 60.7 Å². The van der Waals surface area contributed by atoms with E-state index in [2.05, 4.69) is 36.4 Å². The number of hydrogen-bond donors (Lipinski definition) is 1. The predicted molar refractivity (Wildman–Crippen MR) is 119 cm³/mol. The van der Waals surface area contributed by atoms with Crippen molar-refractivity contribution in [2.45, 2.75) is 26.3 Å². The Kier molecular flexibility index (Phi) is 5.63. The molecule has 2 heterocycles. The van der Waals surface area contributed by atoms with Crippen molar-refractivity contribution in [3.63, 3.8) is 0 Å². The normalized spacial score (nSPS) is 12.1. The van der Waals surface area contributed by atoms with Crippen molar-refractivity contribution in [2.24, 2.45) is 5.73 Å². The van der Waals surface area contributed by atoms with E-state index in [0.717, 1.165) is 33.7 Å². The third-order valence-electron chi connectivity index (χ3n) is 5.13. The lowest BCUT2D eigenvalue weighted by Gasteiger charge is -2.12. The first-order valence-corrected chi connectivity index (χ1v) is 10.1. The Balaban J connectivity index is 1.75. The number of carbonyl (C=O) groups is 1. The number of esters is 1. The van der Waals surface area contributed by atoms with Crippen LogP contribution < -0.4 is 5.73 Å². The summed E-state index contributed by atoms with van der Waals surface area (Å²) in [7, 11) is 0. The smallest absolute Gasteiger partial charge is 0.323 e. The second kappa shape index (κ2) is 8.51. The molecule has 2 aromatic carbocycles. The Morgan fingerprint density at radius 2 is 1.67 bits per heavy atom. The van der Waals surface area contributed by atoms with Crippen molar-refractivity contribution in [2.75, 3.05) is 6.61 Å². The van der Waals surface area contributed by atoms with Crippen LogP contribution in [0.25, 0.3) is 28.0 Å². The highest BCUT2D eigenvalue weighted by Crippen LogP contribution is 2.28. The van der Waals surface area contributed by atoms with Crippen molar-refractivity contribution in [1.29, 1.82) is 0 Å². The highest BCUT2D eigenvalue weighted by Gasteiger charge is 2.22. The minimum absolute atomic E-state index is 0.312. The third-order valence-corrected chi connectivity index (χ3v) is 5.13. The van der Waals surface area contributed by atoms with Crippen LogP contribution in [-0.4, -0.2) is 28.0 Å². The molecule has 2 aromatic heterocycles. The van der Waals surface area contributed by atoms with Crippen molar-refractivity contribution >= 4 is 11.6 Å². The van der Waals surface area contributed by atoms with Crippen LogP contribution in [0.15, 0.2) is 72.9 Å². The SMILES string of the molecule is CCOC(=O)C(N)Cc1c(-c2ccc(-c3ccccc3)cc2)nc2ccc(C)cn12. The van der Waals surface area contributed by atoms with Gasteiger partial charge in [0.2, 0.25) is 0 Å². The third kappa shape index (κ3) is 3.98. The van der Waals surface area contributed by atoms with Gasteiger partial charge in [-0.25, -0.2) is 4.98 Å². The Bertz CT molecular complexity index is 1160. The van der Waals surface area contributed by atoms with E-state index in [1.54, 1.807) is 6.92 Å². The van der Waals surface area contributed by atoms with Crippen LogP contribution in [0.3, 0.4) is 0 Å². The van der Waals surface area contributed by atoms with Crippen molar-refractivity contribution in [3.8, 4) is 22.4 Å². The number of nitrogens with zero attached hydrogens (tertiary/aromatic N) is 2. The number of imidazole rings is 1. The van der Waals surface area contributed by atoms with Crippen LogP contribution in [0.5, 0.6) is 0 Å². The van der Waals surface area contributed by atoms with Gasteiger partial charge in [0.1, 0.15) is 11.7 Å². The average Bonchev–Trinajstić information content (AvgIpc) is 3.12. The lowest BCUT2D eigenvalue weighted by atomic mass is 10.0. The van der Waals surface area contributed by atoms with Gasteiger partial charge < -0.3 is 14.9 Å². The molecule has 0 amide bonds. The zero-order valence-electron chi connectivity index (χ0n) is 17.2. The highest BCUT2D eigenvalue weighted by atomic mass is 16.5. The summed E-state index contributed by atoms with van der Waals surface area (Å²) in [6.07, 6.45) is 2.37. The van der Waals surface area contributed by atoms with Gasteiger partial charge in [-0.3, -0.25) is 4.79 Å². The maximum Gasteiger partial charge on any atom is 0.323 e. The quantitative estimate of drug-likeness (QED) is 0.488. The zero-order chi connectivity index (χ0) is 21.1. The second-order valence-corrected chi connectivity index (χ2v) is 7.35. The molecule has 152 valence electrons. The molecular weight excluding hydrogens is 374 g/mol. The number of aryl methyl sites for hydroxylation is 1. The van der Waals surface area contributed by atoms with Gasteiger partial charge in [0.05, 0.1) is 18.0 Å². The summed E-state index contributed by atoms with van der Waals surface area (Å²) in [6, 6.07) is 21.8. The Morgan fingerprint density at radius 1 is 1.00 bits per heavy atom. The monoisotopic (exact) mass is 399 g/mol. The molecule has 2 N–H and O–H groups in total. The molecular formula is C25H25N3O2. The predicted octanol–water partition coefficient (Wildman–Crippen LogP) is 4.41. The van der Waals surface area contributed by atoms with E-state index in [1.165, 1.54) is 5.56 Å². The van der Waals surface area contributed by atoms with E-state index in [4.69, 9.17) is 15.5 Å². The number of ether oxygens (including phenoxy) is 1. The Hall–Kier alpha value is -3.44. The van der Waals surface area contributed by atoms with Crippen molar-refractivity contribution in [3.05, 3.63) is 84.2 Å². The van der Waals surface area contributed by atoms with Gasteiger partial charge in [-0.05, 0) is 36.6 Å². The highest BCUT2D eigenvalue weighted by molar-refractivity contribution is 5.77. The summed E-state index contributed by atoms with van der Waals surface area (Å²) >= 11 is 0. The van der Waals surface area contributed by atoms with Crippen LogP contribution in [0.1, 0.15) is 18.2 Å². The summed E-state index contributed by atoms with van der Waals surface area (Å²) in [4.78, 5) is 17.0. The molecule has 5 heteroatoms. The van der Waals surface area contributed by atoms with Crippen molar-refractivity contribution in [1.82, 2.24) is 9.38 Å². The molecule has 5 nitrogen and oxygen atoms in total. The maximum absolute atomic E-state index is 12.1. The molecule has 4 aromatic rings. The van der Waals surface area contributed by atoms with Crippen molar-refractivity contribution < 1.29 is 9.53 Å². The molecule has 1 atom stereocenters. The molecule has 0 aliphatic rings. The fourth-order valence-corrected chi connectivity index (χ4v) is 3.62. The molecule has 0 radical (unpaired) electrons. The Morgan fingerprint density at radius 3 is 2.37 bits per heavy atom. The lowest BCUT2D eigenvalue weighted by Crippen LogP contribution is -2.34. The maximum atomic E-state index is 12.1. The van der Waals surface area contributed by atoms with E-state index in [0.29, 0.717) is 13.0 Å². The van der Waals surface area contributed by atoms with Crippen LogP contribution in [0, 0.1) is 6.92 Å². The van der Waals surface area contributed by atoms with Crippen LogP contribution in [-0.2, 0) is 16.0 Å². The first-order chi connectivity index (χ1) is 14.6. The number of aromatic nitrogens is 2. The molecule has 0 fully saturated rings. The second-order valence-electron chi connectivity index (χ2n) is 7.35. The molecule has 0 spiro atoms. The number of hydrogen-bond acceptors (Lipinski definition) is 4. The van der Waals surface area contributed by atoms with E-state index >= 15 is 0 Å². The summed E-state index contributed by atoms with van der Waals surface area (Å²) in [5, 5.41) is 0. The lowest BCUT2D eigenvalue weighted by molar-refractivity contribution is -0.144. The summed E-state index contributed by atoms with van der Waals surface area (Å²) < 4.78 is 7.13. The van der Waals surface area contributed by atoms with E-state index < -0.39 is 12.0 Å². The molecule has 30 heavy (non-hydrogen) atoms. The number of pyridine rings is 1. The number of fused-ring (bicyclic) bond motifs is 1. The van der Waals surface area contributed by atoms with E-state index in [-0.39, 0.29) is 0 Å². The number of carbonyl (C=O) groups excluding carboxylic acids is 1. The molecule has 1 unspecified atom stereocenters. The fraction of sp³-hybridized carbons (Fsp3) is 0.200. The van der Waals surface area contributed by atoms with Gasteiger partial charge >= 0.3 is 5.97 Å². The largest absolute Gasteiger partial charge is 0.465 e. The van der Waals surface area contributed by atoms with Gasteiger partial charge in [0.15, 0.2) is 0 Å². The van der Waals surface area contributed by atoms with E-state index in [9.17, 15) is 4.79 Å². The average molecular weight is 399 g/mol. The molecule has 0 bridgehead atoms.